The van der Waals surface area contributed by atoms with Crippen LogP contribution in [0.4, 0.5) is 0 Å². The normalized spacial score (nSPS) is 11.5. The molecule has 148 valence electrons. The molecule has 0 spiro atoms. The van der Waals surface area contributed by atoms with E-state index in [-0.39, 0.29) is 6.42 Å². The summed E-state index contributed by atoms with van der Waals surface area (Å²) in [5, 5.41) is 19.9. The molecule has 0 atom stereocenters. The van der Waals surface area contributed by atoms with E-state index in [4.69, 9.17) is 9.84 Å². The predicted octanol–water partition coefficient (Wildman–Crippen LogP) is 5.13. The van der Waals surface area contributed by atoms with E-state index in [0.717, 1.165) is 35.9 Å². The maximum absolute atomic E-state index is 11.0. The highest BCUT2D eigenvalue weighted by Gasteiger charge is 2.14. The zero-order chi connectivity index (χ0) is 19.4. The van der Waals surface area contributed by atoms with Gasteiger partial charge in [0.15, 0.2) is 0 Å². The third-order valence-electron chi connectivity index (χ3n) is 4.34. The molecule has 0 aliphatic heterocycles. The van der Waals surface area contributed by atoms with E-state index in [2.05, 4.69) is 22.0 Å². The minimum atomic E-state index is -0.787. The van der Waals surface area contributed by atoms with Crippen LogP contribution < -0.4 is 4.74 Å². The van der Waals surface area contributed by atoms with Gasteiger partial charge in [-0.05, 0) is 69.6 Å². The van der Waals surface area contributed by atoms with Crippen molar-refractivity contribution in [2.75, 3.05) is 11.9 Å². The molecule has 0 unspecified atom stereocenters. The third-order valence-corrected chi connectivity index (χ3v) is 4.90. The number of carboxylic acids is 1. The predicted molar refractivity (Wildman–Crippen MR) is 109 cm³/mol. The maximum atomic E-state index is 11.0. The first-order chi connectivity index (χ1) is 12.3. The van der Waals surface area contributed by atoms with Crippen LogP contribution in [0, 0.1) is 0 Å². The summed E-state index contributed by atoms with van der Waals surface area (Å²) in [4.78, 5) is 11.0. The van der Waals surface area contributed by atoms with Crippen LogP contribution in [0.2, 0.25) is 0 Å². The lowest BCUT2D eigenvalue weighted by Gasteiger charge is -2.18. The quantitative estimate of drug-likeness (QED) is 0.318. The molecule has 0 radical (unpaired) electrons. The summed E-state index contributed by atoms with van der Waals surface area (Å²) in [6.45, 7) is 4.11. The van der Waals surface area contributed by atoms with Crippen molar-refractivity contribution in [2.24, 2.45) is 0 Å². The van der Waals surface area contributed by atoms with Crippen LogP contribution in [0.25, 0.3) is 0 Å². The number of hydrogen-bond acceptors (Lipinski definition) is 3. The Labute approximate surface area is 166 Å². The fraction of sp³-hybridized carbons (Fsp3) is 0.667. The molecular formula is C21H33BrO4. The number of hydrogen-bond donors (Lipinski definition) is 2. The van der Waals surface area contributed by atoms with Crippen molar-refractivity contribution in [1.29, 1.82) is 0 Å². The number of alkyl halides is 1. The van der Waals surface area contributed by atoms with Crippen LogP contribution in [-0.4, -0.2) is 33.7 Å². The zero-order valence-electron chi connectivity index (χ0n) is 16.1. The van der Waals surface area contributed by atoms with Crippen molar-refractivity contribution in [2.45, 2.75) is 77.2 Å². The van der Waals surface area contributed by atoms with Gasteiger partial charge < -0.3 is 14.9 Å². The average molecular weight is 429 g/mol. The van der Waals surface area contributed by atoms with Crippen LogP contribution >= 0.6 is 15.9 Å². The SMILES string of the molecule is CC(C)(O)CCCOc1cccc(CCCCCCBr)c1CCC(=O)O. The Kier molecular flexibility index (Phi) is 10.9. The molecule has 1 aromatic carbocycles. The Balaban J connectivity index is 2.70. The van der Waals surface area contributed by atoms with Crippen molar-refractivity contribution >= 4 is 21.9 Å². The Morgan fingerprint density at radius 1 is 1.12 bits per heavy atom. The number of ether oxygens (including phenoxy) is 1. The number of aliphatic carboxylic acids is 1. The monoisotopic (exact) mass is 428 g/mol. The Bertz CT molecular complexity index is 537. The second-order valence-electron chi connectivity index (χ2n) is 7.41. The molecule has 4 nitrogen and oxygen atoms in total. The smallest absolute Gasteiger partial charge is 0.303 e. The summed E-state index contributed by atoms with van der Waals surface area (Å²) in [6.07, 6.45) is 7.69. The van der Waals surface area contributed by atoms with Crippen molar-refractivity contribution in [3.05, 3.63) is 29.3 Å². The van der Waals surface area contributed by atoms with Gasteiger partial charge in [0.2, 0.25) is 0 Å². The van der Waals surface area contributed by atoms with Crippen LogP contribution in [0.5, 0.6) is 5.75 Å². The Morgan fingerprint density at radius 2 is 1.85 bits per heavy atom. The lowest BCUT2D eigenvalue weighted by atomic mass is 9.97. The zero-order valence-corrected chi connectivity index (χ0v) is 17.7. The van der Waals surface area contributed by atoms with Gasteiger partial charge >= 0.3 is 5.97 Å². The molecule has 0 heterocycles. The molecule has 0 bridgehead atoms. The molecule has 0 aromatic heterocycles. The lowest BCUT2D eigenvalue weighted by molar-refractivity contribution is -0.136. The highest BCUT2D eigenvalue weighted by Crippen LogP contribution is 2.26. The first-order valence-electron chi connectivity index (χ1n) is 9.57. The van der Waals surface area contributed by atoms with Gasteiger partial charge in [-0.1, -0.05) is 40.9 Å². The number of aryl methyl sites for hydroxylation is 1. The summed E-state index contributed by atoms with van der Waals surface area (Å²) in [5.41, 5.74) is 1.54. The lowest BCUT2D eigenvalue weighted by Crippen LogP contribution is -2.19. The largest absolute Gasteiger partial charge is 0.493 e. The van der Waals surface area contributed by atoms with Crippen LogP contribution in [0.1, 0.15) is 69.9 Å². The molecule has 26 heavy (non-hydrogen) atoms. The molecule has 0 aliphatic carbocycles. The summed E-state index contributed by atoms with van der Waals surface area (Å²) < 4.78 is 5.94. The van der Waals surface area contributed by atoms with E-state index in [1.807, 2.05) is 12.1 Å². The van der Waals surface area contributed by atoms with Gasteiger partial charge in [-0.2, -0.15) is 0 Å². The first-order valence-corrected chi connectivity index (χ1v) is 10.7. The molecule has 1 aromatic rings. The number of rotatable bonds is 14. The second-order valence-corrected chi connectivity index (χ2v) is 8.20. The van der Waals surface area contributed by atoms with Crippen LogP contribution in [0.3, 0.4) is 0 Å². The molecule has 0 amide bonds. The van der Waals surface area contributed by atoms with Gasteiger partial charge in [0, 0.05) is 11.8 Å². The minimum Gasteiger partial charge on any atom is -0.493 e. The first kappa shape index (κ1) is 23.0. The summed E-state index contributed by atoms with van der Waals surface area (Å²) >= 11 is 3.46. The standard InChI is InChI=1S/C21H33BrO4/c1-21(2,25)14-8-16-26-19-11-7-10-17(9-5-3-4-6-15-22)18(19)12-13-20(23)24/h7,10-11,25H,3-6,8-9,12-16H2,1-2H3,(H,23,24). The molecule has 0 aliphatic rings. The fourth-order valence-electron chi connectivity index (χ4n) is 2.95. The molecule has 2 N–H and O–H groups in total. The van der Waals surface area contributed by atoms with Crippen LogP contribution in [-0.2, 0) is 17.6 Å². The number of unbranched alkanes of at least 4 members (excludes halogenated alkanes) is 3. The summed E-state index contributed by atoms with van der Waals surface area (Å²) in [6, 6.07) is 6.00. The van der Waals surface area contributed by atoms with Crippen LogP contribution in [0.15, 0.2) is 18.2 Å². The van der Waals surface area contributed by atoms with E-state index < -0.39 is 11.6 Å². The average Bonchev–Trinajstić information content (AvgIpc) is 2.56. The number of aliphatic hydroxyl groups is 1. The molecule has 0 saturated carbocycles. The fourth-order valence-corrected chi connectivity index (χ4v) is 3.34. The van der Waals surface area contributed by atoms with Gasteiger partial charge in [-0.3, -0.25) is 4.79 Å². The molecule has 0 saturated heterocycles. The van der Waals surface area contributed by atoms with Gasteiger partial charge in [0.1, 0.15) is 5.75 Å². The second kappa shape index (κ2) is 12.3. The maximum Gasteiger partial charge on any atom is 0.303 e. The number of carbonyl (C=O) groups is 1. The van der Waals surface area contributed by atoms with Gasteiger partial charge in [0.05, 0.1) is 12.2 Å². The van der Waals surface area contributed by atoms with E-state index in [1.165, 1.54) is 24.8 Å². The highest BCUT2D eigenvalue weighted by atomic mass is 79.9. The topological polar surface area (TPSA) is 66.8 Å². The Morgan fingerprint density at radius 3 is 2.50 bits per heavy atom. The molecule has 0 fully saturated rings. The van der Waals surface area contributed by atoms with Crippen molar-refractivity contribution in [1.82, 2.24) is 0 Å². The van der Waals surface area contributed by atoms with E-state index in [9.17, 15) is 9.90 Å². The van der Waals surface area contributed by atoms with E-state index in [0.29, 0.717) is 19.4 Å². The Hall–Kier alpha value is -1.07. The van der Waals surface area contributed by atoms with Crippen molar-refractivity contribution < 1.29 is 19.7 Å². The van der Waals surface area contributed by atoms with Gasteiger partial charge in [-0.15, -0.1) is 0 Å². The number of halogens is 1. The minimum absolute atomic E-state index is 0.112. The summed E-state index contributed by atoms with van der Waals surface area (Å²) in [5.74, 6) is 0.00468. The van der Waals surface area contributed by atoms with Gasteiger partial charge in [-0.25, -0.2) is 0 Å². The third kappa shape index (κ3) is 10.2. The molecular weight excluding hydrogens is 396 g/mol. The van der Waals surface area contributed by atoms with Gasteiger partial charge in [0.25, 0.3) is 0 Å². The number of benzene rings is 1. The molecule has 5 heteroatoms. The number of carboxylic acid groups (broad SMARTS) is 1. The van der Waals surface area contributed by atoms with E-state index >= 15 is 0 Å². The molecule has 1 rings (SSSR count). The van der Waals surface area contributed by atoms with E-state index in [1.54, 1.807) is 13.8 Å². The van der Waals surface area contributed by atoms with Crippen molar-refractivity contribution in [3.63, 3.8) is 0 Å². The van der Waals surface area contributed by atoms with Crippen molar-refractivity contribution in [3.8, 4) is 5.75 Å². The highest BCUT2D eigenvalue weighted by molar-refractivity contribution is 9.09. The summed E-state index contributed by atoms with van der Waals surface area (Å²) in [7, 11) is 0.